The highest BCUT2D eigenvalue weighted by Gasteiger charge is 2.31. The Kier molecular flexibility index (Phi) is 6.42. The Morgan fingerprint density at radius 1 is 1.14 bits per heavy atom. The molecule has 1 heterocycles. The zero-order valence-corrected chi connectivity index (χ0v) is 17.3. The molecule has 1 amide bonds. The fourth-order valence-corrected chi connectivity index (χ4v) is 3.48. The van der Waals surface area contributed by atoms with Crippen LogP contribution in [-0.4, -0.2) is 43.6 Å². The molecule has 154 valence electrons. The summed E-state index contributed by atoms with van der Waals surface area (Å²) in [6.07, 6.45) is 0.308. The Hall–Kier alpha value is -3.02. The van der Waals surface area contributed by atoms with Gasteiger partial charge in [0.15, 0.2) is 0 Å². The number of methoxy groups -OCH3 is 2. The maximum absolute atomic E-state index is 13.2. The molecule has 2 aromatic carbocycles. The van der Waals surface area contributed by atoms with Gasteiger partial charge < -0.3 is 19.1 Å². The van der Waals surface area contributed by atoms with Crippen molar-refractivity contribution in [1.29, 1.82) is 0 Å². The number of ether oxygens (including phenoxy) is 3. The van der Waals surface area contributed by atoms with Crippen LogP contribution < -0.4 is 9.47 Å². The minimum atomic E-state index is -0.409. The number of carbonyl (C=O) groups excluding carboxylic acids is 2. The van der Waals surface area contributed by atoms with Crippen molar-refractivity contribution in [3.63, 3.8) is 0 Å². The normalized spacial score (nSPS) is 15.9. The number of amides is 1. The average Bonchev–Trinajstić information content (AvgIpc) is 2.93. The van der Waals surface area contributed by atoms with E-state index in [4.69, 9.17) is 14.2 Å². The molecule has 0 aliphatic carbocycles. The first-order chi connectivity index (χ1) is 13.9. The molecular weight excluding hydrogens is 370 g/mol. The molecule has 0 saturated carbocycles. The van der Waals surface area contributed by atoms with Crippen molar-refractivity contribution >= 4 is 11.9 Å². The summed E-state index contributed by atoms with van der Waals surface area (Å²) in [7, 11) is 2.97. The number of benzene rings is 2. The van der Waals surface area contributed by atoms with Crippen LogP contribution in [0, 0.1) is 5.92 Å². The van der Waals surface area contributed by atoms with Crippen LogP contribution in [0.25, 0.3) is 0 Å². The number of hydrogen-bond donors (Lipinski definition) is 0. The highest BCUT2D eigenvalue weighted by molar-refractivity contribution is 5.90. The van der Waals surface area contributed by atoms with E-state index < -0.39 is 5.97 Å². The Morgan fingerprint density at radius 2 is 1.86 bits per heavy atom. The molecule has 3 rings (SSSR count). The summed E-state index contributed by atoms with van der Waals surface area (Å²) in [4.78, 5) is 26.9. The monoisotopic (exact) mass is 397 g/mol. The molecule has 0 saturated heterocycles. The van der Waals surface area contributed by atoms with E-state index in [1.54, 1.807) is 19.2 Å². The van der Waals surface area contributed by atoms with E-state index in [9.17, 15) is 9.59 Å². The lowest BCUT2D eigenvalue weighted by molar-refractivity contribution is -0.135. The number of hydrogen-bond acceptors (Lipinski definition) is 5. The first-order valence-corrected chi connectivity index (χ1v) is 9.69. The summed E-state index contributed by atoms with van der Waals surface area (Å²) in [5.74, 6) is 1.25. The number of rotatable bonds is 5. The van der Waals surface area contributed by atoms with Crippen LogP contribution in [0.3, 0.4) is 0 Å². The third-order valence-electron chi connectivity index (χ3n) is 5.24. The average molecular weight is 397 g/mol. The molecule has 0 aromatic heterocycles. The van der Waals surface area contributed by atoms with Crippen LogP contribution in [-0.2, 0) is 22.5 Å². The van der Waals surface area contributed by atoms with Gasteiger partial charge >= 0.3 is 5.97 Å². The summed E-state index contributed by atoms with van der Waals surface area (Å²) >= 11 is 0. The molecule has 6 heteroatoms. The minimum Gasteiger partial charge on any atom is -0.497 e. The lowest BCUT2D eigenvalue weighted by atomic mass is 10.0. The maximum atomic E-state index is 13.2. The van der Waals surface area contributed by atoms with E-state index in [2.05, 4.69) is 13.8 Å². The van der Waals surface area contributed by atoms with Gasteiger partial charge in [0, 0.05) is 12.1 Å². The molecular formula is C23H27NO5. The van der Waals surface area contributed by atoms with Crippen molar-refractivity contribution < 1.29 is 23.8 Å². The van der Waals surface area contributed by atoms with Gasteiger partial charge in [-0.3, -0.25) is 4.79 Å². The number of esters is 1. The van der Waals surface area contributed by atoms with Crippen molar-refractivity contribution in [3.8, 4) is 11.5 Å². The first-order valence-electron chi connectivity index (χ1n) is 9.69. The number of carbonyl (C=O) groups is 2. The van der Waals surface area contributed by atoms with Crippen LogP contribution in [0.2, 0.25) is 0 Å². The quantitative estimate of drug-likeness (QED) is 0.723. The van der Waals surface area contributed by atoms with Gasteiger partial charge in [0.2, 0.25) is 5.91 Å². The lowest BCUT2D eigenvalue weighted by Gasteiger charge is -2.32. The zero-order valence-electron chi connectivity index (χ0n) is 17.3. The smallest absolute Gasteiger partial charge is 0.337 e. The fraction of sp³-hybridized carbons (Fsp3) is 0.391. The lowest BCUT2D eigenvalue weighted by Crippen LogP contribution is -2.45. The molecule has 0 radical (unpaired) electrons. The van der Waals surface area contributed by atoms with Crippen molar-refractivity contribution in [1.82, 2.24) is 4.90 Å². The van der Waals surface area contributed by atoms with E-state index in [1.165, 1.54) is 7.11 Å². The predicted molar refractivity (Wildman–Crippen MR) is 109 cm³/mol. The van der Waals surface area contributed by atoms with Gasteiger partial charge in [-0.05, 0) is 35.7 Å². The van der Waals surface area contributed by atoms with Gasteiger partial charge in [0.25, 0.3) is 0 Å². The molecule has 0 N–H and O–H groups in total. The third-order valence-corrected chi connectivity index (χ3v) is 5.24. The van der Waals surface area contributed by atoms with Gasteiger partial charge in [0.1, 0.15) is 18.1 Å². The summed E-state index contributed by atoms with van der Waals surface area (Å²) in [6.45, 7) is 4.98. The van der Waals surface area contributed by atoms with E-state index in [0.29, 0.717) is 30.9 Å². The van der Waals surface area contributed by atoms with Crippen LogP contribution in [0.15, 0.2) is 42.5 Å². The fourth-order valence-electron chi connectivity index (χ4n) is 3.48. The van der Waals surface area contributed by atoms with E-state index >= 15 is 0 Å². The van der Waals surface area contributed by atoms with Crippen LogP contribution in [0.1, 0.15) is 35.3 Å². The molecule has 2 aromatic rings. The predicted octanol–water partition coefficient (Wildman–Crippen LogP) is 3.47. The van der Waals surface area contributed by atoms with Crippen molar-refractivity contribution in [2.75, 3.05) is 20.8 Å². The second kappa shape index (κ2) is 8.99. The summed E-state index contributed by atoms with van der Waals surface area (Å²) in [5.41, 5.74) is 2.25. The largest absolute Gasteiger partial charge is 0.497 e. The summed E-state index contributed by atoms with van der Waals surface area (Å²) in [5, 5.41) is 0. The second-order valence-electron chi connectivity index (χ2n) is 7.48. The highest BCUT2D eigenvalue weighted by atomic mass is 16.5. The van der Waals surface area contributed by atoms with Gasteiger partial charge in [-0.1, -0.05) is 32.0 Å². The Balaban J connectivity index is 1.84. The molecule has 0 bridgehead atoms. The molecule has 0 spiro atoms. The molecule has 0 fully saturated rings. The number of fused-ring (bicyclic) bond motifs is 1. The van der Waals surface area contributed by atoms with Gasteiger partial charge in [0.05, 0.1) is 32.2 Å². The third kappa shape index (κ3) is 4.70. The number of nitrogens with zero attached hydrogens (tertiary/aromatic N) is 1. The van der Waals surface area contributed by atoms with Crippen LogP contribution >= 0.6 is 0 Å². The zero-order chi connectivity index (χ0) is 21.0. The first kappa shape index (κ1) is 20.7. The summed E-state index contributed by atoms with van der Waals surface area (Å²) in [6, 6.07) is 12.7. The molecule has 1 aliphatic rings. The maximum Gasteiger partial charge on any atom is 0.337 e. The Bertz CT molecular complexity index is 875. The molecule has 29 heavy (non-hydrogen) atoms. The van der Waals surface area contributed by atoms with E-state index in [1.807, 2.05) is 35.2 Å². The van der Waals surface area contributed by atoms with E-state index in [0.717, 1.165) is 16.9 Å². The topological polar surface area (TPSA) is 65.1 Å². The Labute approximate surface area is 171 Å². The van der Waals surface area contributed by atoms with Gasteiger partial charge in [-0.25, -0.2) is 4.79 Å². The second-order valence-corrected chi connectivity index (χ2v) is 7.48. The molecule has 1 atom stereocenters. The minimum absolute atomic E-state index is 0.0439. The highest BCUT2D eigenvalue weighted by Crippen LogP contribution is 2.29. The van der Waals surface area contributed by atoms with E-state index in [-0.39, 0.29) is 17.9 Å². The summed E-state index contributed by atoms with van der Waals surface area (Å²) < 4.78 is 16.0. The van der Waals surface area contributed by atoms with Crippen molar-refractivity contribution in [2.45, 2.75) is 32.9 Å². The van der Waals surface area contributed by atoms with Gasteiger partial charge in [-0.15, -0.1) is 0 Å². The van der Waals surface area contributed by atoms with Gasteiger partial charge in [-0.2, -0.15) is 0 Å². The van der Waals surface area contributed by atoms with Crippen LogP contribution in [0.5, 0.6) is 11.5 Å². The molecule has 1 aliphatic heterocycles. The van der Waals surface area contributed by atoms with Crippen molar-refractivity contribution in [2.24, 2.45) is 5.92 Å². The molecule has 6 nitrogen and oxygen atoms in total. The standard InChI is InChI=1S/C23H27NO5/c1-15(2)20-14-29-21-12-17(23(26)28-4)7-8-18(21)13-24(20)22(25)11-16-5-9-19(27-3)10-6-16/h5-10,12,15,20H,11,13-14H2,1-4H3/t20-/m1/s1. The van der Waals surface area contributed by atoms with Crippen LogP contribution in [0.4, 0.5) is 0 Å². The van der Waals surface area contributed by atoms with Crippen molar-refractivity contribution in [3.05, 3.63) is 59.2 Å². The molecule has 0 unspecified atom stereocenters. The Morgan fingerprint density at radius 3 is 2.48 bits per heavy atom. The SMILES string of the molecule is COC(=O)c1ccc2c(c1)OC[C@H](C(C)C)N(C(=O)Cc1ccc(OC)cc1)C2.